The van der Waals surface area contributed by atoms with Crippen molar-refractivity contribution in [2.45, 2.75) is 0 Å². The lowest BCUT2D eigenvalue weighted by molar-refractivity contribution is -0.128. The predicted molar refractivity (Wildman–Crippen MR) is 78.7 cm³/mol. The highest BCUT2D eigenvalue weighted by Crippen LogP contribution is 2.24. The van der Waals surface area contributed by atoms with E-state index in [1.807, 2.05) is 0 Å². The number of para-hydroxylation sites is 1. The van der Waals surface area contributed by atoms with Crippen LogP contribution in [-0.4, -0.2) is 33.5 Å². The zero-order chi connectivity index (χ0) is 15.6. The Morgan fingerprint density at radius 3 is 2.81 bits per heavy atom. The summed E-state index contributed by atoms with van der Waals surface area (Å²) in [5.74, 6) is -2.80. The molecule has 1 aromatic rings. The molecule has 1 fully saturated rings. The summed E-state index contributed by atoms with van der Waals surface area (Å²) >= 11 is 4.90. The van der Waals surface area contributed by atoms with E-state index in [-0.39, 0.29) is 22.8 Å². The molecule has 7 heteroatoms. The van der Waals surface area contributed by atoms with Gasteiger partial charge < -0.3 is 5.11 Å². The first kappa shape index (κ1) is 14.9. The first-order valence-corrected chi connectivity index (χ1v) is 6.33. The summed E-state index contributed by atoms with van der Waals surface area (Å²) in [6.45, 7) is 3.63. The Labute approximate surface area is 125 Å². The van der Waals surface area contributed by atoms with Crippen LogP contribution in [-0.2, 0) is 9.59 Å². The standard InChI is InChI=1S/C14H11FN2O3S/c1-2-6-17-13(20)9(12(19)16-14(17)21)7-8-4-3-5-10(15)11(8)18/h2-5,7,18H,1,6H2,(H,16,19,21). The van der Waals surface area contributed by atoms with E-state index >= 15 is 0 Å². The van der Waals surface area contributed by atoms with Crippen molar-refractivity contribution in [3.05, 3.63) is 47.8 Å². The van der Waals surface area contributed by atoms with Gasteiger partial charge in [-0.1, -0.05) is 18.2 Å². The number of carbonyl (C=O) groups excluding carboxylic acids is 2. The zero-order valence-corrected chi connectivity index (χ0v) is 11.6. The molecule has 2 N–H and O–H groups in total. The number of hydrogen-bond donors (Lipinski definition) is 2. The monoisotopic (exact) mass is 306 g/mol. The Balaban J connectivity index is 2.45. The average molecular weight is 306 g/mol. The molecular weight excluding hydrogens is 295 g/mol. The molecular formula is C14H11FN2O3S. The quantitative estimate of drug-likeness (QED) is 0.383. The van der Waals surface area contributed by atoms with Crippen LogP contribution in [0.1, 0.15) is 5.56 Å². The van der Waals surface area contributed by atoms with E-state index < -0.39 is 23.4 Å². The fourth-order valence-corrected chi connectivity index (χ4v) is 2.04. The number of rotatable bonds is 3. The normalized spacial score (nSPS) is 17.1. The fraction of sp³-hybridized carbons (Fsp3) is 0.0714. The molecule has 1 aromatic carbocycles. The third kappa shape index (κ3) is 2.82. The van der Waals surface area contributed by atoms with Crippen LogP contribution in [0.2, 0.25) is 0 Å². The topological polar surface area (TPSA) is 69.6 Å². The Bertz CT molecular complexity index is 685. The van der Waals surface area contributed by atoms with Gasteiger partial charge in [0.1, 0.15) is 5.57 Å². The summed E-state index contributed by atoms with van der Waals surface area (Å²) in [5.41, 5.74) is -0.216. The number of halogens is 1. The van der Waals surface area contributed by atoms with E-state index in [0.717, 1.165) is 17.0 Å². The van der Waals surface area contributed by atoms with Gasteiger partial charge in [0.25, 0.3) is 11.8 Å². The van der Waals surface area contributed by atoms with Gasteiger partial charge in [-0.25, -0.2) is 4.39 Å². The van der Waals surface area contributed by atoms with Crippen LogP contribution in [0.25, 0.3) is 6.08 Å². The minimum Gasteiger partial charge on any atom is -0.504 e. The summed E-state index contributed by atoms with van der Waals surface area (Å²) < 4.78 is 13.3. The van der Waals surface area contributed by atoms with Gasteiger partial charge >= 0.3 is 0 Å². The smallest absolute Gasteiger partial charge is 0.265 e. The van der Waals surface area contributed by atoms with Crippen molar-refractivity contribution in [3.8, 4) is 5.75 Å². The summed E-state index contributed by atoms with van der Waals surface area (Å²) in [6.07, 6.45) is 2.58. The number of benzene rings is 1. The van der Waals surface area contributed by atoms with Crippen molar-refractivity contribution < 1.29 is 19.1 Å². The molecule has 0 aromatic heterocycles. The van der Waals surface area contributed by atoms with Crippen LogP contribution in [0.15, 0.2) is 36.4 Å². The molecule has 108 valence electrons. The van der Waals surface area contributed by atoms with Crippen LogP contribution < -0.4 is 5.32 Å². The SMILES string of the molecule is C=CCN1C(=O)C(=Cc2cccc(F)c2O)C(=O)NC1=S. The Morgan fingerprint density at radius 1 is 1.43 bits per heavy atom. The van der Waals surface area contributed by atoms with Crippen LogP contribution in [0.5, 0.6) is 5.75 Å². The third-order valence-electron chi connectivity index (χ3n) is 2.82. The number of aromatic hydroxyl groups is 1. The van der Waals surface area contributed by atoms with Gasteiger partial charge in [-0.05, 0) is 24.4 Å². The maximum absolute atomic E-state index is 13.3. The lowest BCUT2D eigenvalue weighted by Crippen LogP contribution is -2.53. The zero-order valence-electron chi connectivity index (χ0n) is 10.8. The number of nitrogens with zero attached hydrogens (tertiary/aromatic N) is 1. The summed E-state index contributed by atoms with van der Waals surface area (Å²) in [4.78, 5) is 25.2. The molecule has 1 saturated heterocycles. The lowest BCUT2D eigenvalue weighted by Gasteiger charge is -2.27. The molecule has 0 bridgehead atoms. The minimum absolute atomic E-state index is 0.0227. The van der Waals surface area contributed by atoms with Gasteiger partial charge in [0.05, 0.1) is 0 Å². The van der Waals surface area contributed by atoms with Crippen LogP contribution in [0.3, 0.4) is 0 Å². The Kier molecular flexibility index (Phi) is 4.13. The molecule has 2 amide bonds. The predicted octanol–water partition coefficient (Wildman–Crippen LogP) is 1.34. The van der Waals surface area contributed by atoms with E-state index in [0.29, 0.717) is 0 Å². The highest BCUT2D eigenvalue weighted by molar-refractivity contribution is 7.80. The molecule has 0 unspecified atom stereocenters. The summed E-state index contributed by atoms with van der Waals surface area (Å²) in [7, 11) is 0. The summed E-state index contributed by atoms with van der Waals surface area (Å²) in [6, 6.07) is 3.81. The van der Waals surface area contributed by atoms with Gasteiger partial charge in [-0.2, -0.15) is 0 Å². The number of amides is 2. The molecule has 1 aliphatic heterocycles. The van der Waals surface area contributed by atoms with Crippen LogP contribution in [0.4, 0.5) is 4.39 Å². The first-order valence-electron chi connectivity index (χ1n) is 5.93. The largest absolute Gasteiger partial charge is 0.504 e. The van der Waals surface area contributed by atoms with Crippen molar-refractivity contribution in [1.82, 2.24) is 10.2 Å². The van der Waals surface area contributed by atoms with Crippen molar-refractivity contribution >= 4 is 35.2 Å². The maximum Gasteiger partial charge on any atom is 0.265 e. The first-order chi connectivity index (χ1) is 9.95. The second kappa shape index (κ2) is 5.84. The van der Waals surface area contributed by atoms with Crippen molar-refractivity contribution in [2.75, 3.05) is 6.54 Å². The third-order valence-corrected chi connectivity index (χ3v) is 3.14. The van der Waals surface area contributed by atoms with Crippen molar-refractivity contribution in [3.63, 3.8) is 0 Å². The molecule has 0 aliphatic carbocycles. The van der Waals surface area contributed by atoms with Gasteiger partial charge in [0.15, 0.2) is 16.7 Å². The fourth-order valence-electron chi connectivity index (χ4n) is 1.79. The van der Waals surface area contributed by atoms with E-state index in [1.54, 1.807) is 0 Å². The van der Waals surface area contributed by atoms with Gasteiger partial charge in [-0.3, -0.25) is 19.8 Å². The van der Waals surface area contributed by atoms with E-state index in [1.165, 1.54) is 18.2 Å². The molecule has 21 heavy (non-hydrogen) atoms. The molecule has 5 nitrogen and oxygen atoms in total. The minimum atomic E-state index is -0.841. The molecule has 0 radical (unpaired) electrons. The number of nitrogens with one attached hydrogen (secondary N) is 1. The number of thiocarbonyl (C=S) groups is 1. The second-order valence-electron chi connectivity index (χ2n) is 4.20. The van der Waals surface area contributed by atoms with Gasteiger partial charge in [-0.15, -0.1) is 6.58 Å². The Hall–Kier alpha value is -2.54. The van der Waals surface area contributed by atoms with E-state index in [2.05, 4.69) is 11.9 Å². The molecule has 0 saturated carbocycles. The molecule has 1 heterocycles. The van der Waals surface area contributed by atoms with E-state index in [4.69, 9.17) is 12.2 Å². The molecule has 2 rings (SSSR count). The highest BCUT2D eigenvalue weighted by atomic mass is 32.1. The summed E-state index contributed by atoms with van der Waals surface area (Å²) in [5, 5.41) is 11.9. The van der Waals surface area contributed by atoms with Gasteiger partial charge in [0.2, 0.25) is 0 Å². The molecule has 0 atom stereocenters. The number of carbonyl (C=O) groups is 2. The van der Waals surface area contributed by atoms with E-state index in [9.17, 15) is 19.1 Å². The number of phenols is 1. The number of phenolic OH excluding ortho intramolecular Hbond substituents is 1. The lowest BCUT2D eigenvalue weighted by atomic mass is 10.1. The average Bonchev–Trinajstić information content (AvgIpc) is 2.44. The van der Waals surface area contributed by atoms with Crippen molar-refractivity contribution in [2.24, 2.45) is 0 Å². The van der Waals surface area contributed by atoms with Crippen molar-refractivity contribution in [1.29, 1.82) is 0 Å². The highest BCUT2D eigenvalue weighted by Gasteiger charge is 2.32. The second-order valence-corrected chi connectivity index (χ2v) is 4.59. The molecule has 1 aliphatic rings. The van der Waals surface area contributed by atoms with Crippen LogP contribution in [0, 0.1) is 5.82 Å². The molecule has 0 spiro atoms. The maximum atomic E-state index is 13.3. The Morgan fingerprint density at radius 2 is 2.14 bits per heavy atom. The van der Waals surface area contributed by atoms with Gasteiger partial charge in [0, 0.05) is 12.1 Å². The number of hydrogen-bond acceptors (Lipinski definition) is 4. The van der Waals surface area contributed by atoms with Crippen LogP contribution >= 0.6 is 12.2 Å².